The summed E-state index contributed by atoms with van der Waals surface area (Å²) >= 11 is 0. The molecule has 0 radical (unpaired) electrons. The molecule has 4 heteroatoms. The minimum atomic E-state index is 0.480. The summed E-state index contributed by atoms with van der Waals surface area (Å²) in [4.78, 5) is 0. The SMILES string of the molecule is Cn1cc(N)c(Oc2ccc3c(c2)CCCC3)n1. The van der Waals surface area contributed by atoms with Crippen LogP contribution in [0.5, 0.6) is 11.6 Å². The van der Waals surface area contributed by atoms with Gasteiger partial charge in [0.2, 0.25) is 0 Å². The van der Waals surface area contributed by atoms with Gasteiger partial charge >= 0.3 is 0 Å². The Bertz CT molecular complexity index is 574. The van der Waals surface area contributed by atoms with Crippen molar-refractivity contribution in [1.29, 1.82) is 0 Å². The smallest absolute Gasteiger partial charge is 0.261 e. The van der Waals surface area contributed by atoms with Gasteiger partial charge in [-0.3, -0.25) is 4.68 Å². The zero-order valence-corrected chi connectivity index (χ0v) is 10.5. The van der Waals surface area contributed by atoms with E-state index in [9.17, 15) is 0 Å². The van der Waals surface area contributed by atoms with Gasteiger partial charge in [0.1, 0.15) is 11.4 Å². The molecule has 2 N–H and O–H groups in total. The van der Waals surface area contributed by atoms with E-state index in [2.05, 4.69) is 17.2 Å². The van der Waals surface area contributed by atoms with Gasteiger partial charge in [-0.25, -0.2) is 0 Å². The zero-order valence-electron chi connectivity index (χ0n) is 10.5. The van der Waals surface area contributed by atoms with Crippen LogP contribution < -0.4 is 10.5 Å². The highest BCUT2D eigenvalue weighted by atomic mass is 16.5. The largest absolute Gasteiger partial charge is 0.436 e. The lowest BCUT2D eigenvalue weighted by atomic mass is 9.92. The topological polar surface area (TPSA) is 53.1 Å². The summed E-state index contributed by atoms with van der Waals surface area (Å²) in [5, 5.41) is 4.19. The Hall–Kier alpha value is -1.97. The summed E-state index contributed by atoms with van der Waals surface area (Å²) in [6, 6.07) is 6.27. The Labute approximate surface area is 106 Å². The minimum Gasteiger partial charge on any atom is -0.436 e. The van der Waals surface area contributed by atoms with Crippen molar-refractivity contribution in [1.82, 2.24) is 9.78 Å². The van der Waals surface area contributed by atoms with Crippen LogP contribution in [0, 0.1) is 0 Å². The molecule has 0 bridgehead atoms. The molecule has 94 valence electrons. The maximum atomic E-state index is 5.82. The van der Waals surface area contributed by atoms with Crippen LogP contribution in [0.3, 0.4) is 0 Å². The lowest BCUT2D eigenvalue weighted by Gasteiger charge is -2.16. The fraction of sp³-hybridized carbons (Fsp3) is 0.357. The lowest BCUT2D eigenvalue weighted by Crippen LogP contribution is -2.02. The third-order valence-electron chi connectivity index (χ3n) is 3.36. The second-order valence-electron chi connectivity index (χ2n) is 4.80. The number of ether oxygens (including phenoxy) is 1. The highest BCUT2D eigenvalue weighted by molar-refractivity contribution is 5.48. The highest BCUT2D eigenvalue weighted by Crippen LogP contribution is 2.29. The number of aromatic nitrogens is 2. The number of fused-ring (bicyclic) bond motifs is 1. The first-order valence-electron chi connectivity index (χ1n) is 6.31. The van der Waals surface area contributed by atoms with Gasteiger partial charge in [0.05, 0.1) is 6.20 Å². The molecule has 0 unspecified atom stereocenters. The van der Waals surface area contributed by atoms with Crippen molar-refractivity contribution in [2.45, 2.75) is 25.7 Å². The number of nitrogen functional groups attached to an aromatic ring is 1. The second-order valence-corrected chi connectivity index (χ2v) is 4.80. The predicted octanol–water partition coefficient (Wildman–Crippen LogP) is 2.67. The first-order valence-corrected chi connectivity index (χ1v) is 6.31. The highest BCUT2D eigenvalue weighted by Gasteiger charge is 2.12. The minimum absolute atomic E-state index is 0.480. The first kappa shape index (κ1) is 11.1. The Morgan fingerprint density at radius 2 is 2.00 bits per heavy atom. The molecule has 1 aromatic heterocycles. The van der Waals surface area contributed by atoms with Gasteiger partial charge < -0.3 is 10.5 Å². The molecule has 1 heterocycles. The van der Waals surface area contributed by atoms with E-state index in [1.807, 2.05) is 13.1 Å². The van der Waals surface area contributed by atoms with Crippen molar-refractivity contribution in [2.75, 3.05) is 5.73 Å². The van der Waals surface area contributed by atoms with E-state index in [1.165, 1.54) is 30.4 Å². The average Bonchev–Trinajstić information content (AvgIpc) is 2.68. The molecule has 3 rings (SSSR count). The van der Waals surface area contributed by atoms with Gasteiger partial charge in [-0.15, -0.1) is 5.10 Å². The number of hydrogen-bond donors (Lipinski definition) is 1. The molecule has 0 amide bonds. The van der Waals surface area contributed by atoms with E-state index in [0.29, 0.717) is 11.6 Å². The number of anilines is 1. The van der Waals surface area contributed by atoms with Crippen LogP contribution in [-0.2, 0) is 19.9 Å². The Morgan fingerprint density at radius 1 is 1.22 bits per heavy atom. The molecule has 18 heavy (non-hydrogen) atoms. The second kappa shape index (κ2) is 4.37. The molecule has 4 nitrogen and oxygen atoms in total. The van der Waals surface area contributed by atoms with Gasteiger partial charge in [-0.2, -0.15) is 0 Å². The molecule has 0 saturated heterocycles. The van der Waals surface area contributed by atoms with Crippen LogP contribution in [0.4, 0.5) is 5.69 Å². The van der Waals surface area contributed by atoms with E-state index in [1.54, 1.807) is 10.9 Å². The van der Waals surface area contributed by atoms with Gasteiger partial charge in [0, 0.05) is 7.05 Å². The van der Waals surface area contributed by atoms with E-state index in [0.717, 1.165) is 12.2 Å². The predicted molar refractivity (Wildman–Crippen MR) is 70.8 cm³/mol. The van der Waals surface area contributed by atoms with Gasteiger partial charge in [0.25, 0.3) is 5.88 Å². The molecule has 0 spiro atoms. The molecular weight excluding hydrogens is 226 g/mol. The fourth-order valence-corrected chi connectivity index (χ4v) is 2.45. The van der Waals surface area contributed by atoms with Crippen LogP contribution >= 0.6 is 0 Å². The summed E-state index contributed by atoms with van der Waals surface area (Å²) in [5.74, 6) is 1.30. The summed E-state index contributed by atoms with van der Waals surface area (Å²) in [5.41, 5.74) is 9.23. The van der Waals surface area contributed by atoms with Gasteiger partial charge in [-0.1, -0.05) is 6.07 Å². The van der Waals surface area contributed by atoms with Crippen LogP contribution in [-0.4, -0.2) is 9.78 Å². The third-order valence-corrected chi connectivity index (χ3v) is 3.36. The monoisotopic (exact) mass is 243 g/mol. The van der Waals surface area contributed by atoms with Crippen molar-refractivity contribution < 1.29 is 4.74 Å². The normalized spacial score (nSPS) is 14.3. The Morgan fingerprint density at radius 3 is 2.72 bits per heavy atom. The number of nitrogens with zero attached hydrogens (tertiary/aromatic N) is 2. The Kier molecular flexibility index (Phi) is 2.70. The van der Waals surface area contributed by atoms with Gasteiger partial charge in [-0.05, 0) is 48.9 Å². The van der Waals surface area contributed by atoms with Crippen LogP contribution in [0.25, 0.3) is 0 Å². The van der Waals surface area contributed by atoms with E-state index < -0.39 is 0 Å². The van der Waals surface area contributed by atoms with Crippen molar-refractivity contribution >= 4 is 5.69 Å². The number of aryl methyl sites for hydroxylation is 3. The Balaban J connectivity index is 1.87. The molecule has 0 atom stereocenters. The molecule has 1 aliphatic rings. The first-order chi connectivity index (χ1) is 8.72. The number of nitrogens with two attached hydrogens (primary N) is 1. The standard InChI is InChI=1S/C14H17N3O/c1-17-9-13(15)14(16-17)18-12-7-6-10-4-2-3-5-11(10)8-12/h6-9H,2-5,15H2,1H3. The van der Waals surface area contributed by atoms with Crippen molar-refractivity contribution in [3.05, 3.63) is 35.5 Å². The molecule has 0 aliphatic heterocycles. The maximum Gasteiger partial charge on any atom is 0.261 e. The summed E-state index contributed by atoms with van der Waals surface area (Å²) in [6.07, 6.45) is 6.63. The van der Waals surface area contributed by atoms with Crippen molar-refractivity contribution in [2.24, 2.45) is 7.05 Å². The van der Waals surface area contributed by atoms with Crippen LogP contribution in [0.15, 0.2) is 24.4 Å². The fourth-order valence-electron chi connectivity index (χ4n) is 2.45. The average molecular weight is 243 g/mol. The summed E-state index contributed by atoms with van der Waals surface area (Å²) < 4.78 is 7.39. The van der Waals surface area contributed by atoms with Crippen molar-refractivity contribution in [3.63, 3.8) is 0 Å². The number of rotatable bonds is 2. The summed E-state index contributed by atoms with van der Waals surface area (Å²) in [6.45, 7) is 0. The van der Waals surface area contributed by atoms with Gasteiger partial charge in [0.15, 0.2) is 0 Å². The molecule has 0 fully saturated rings. The van der Waals surface area contributed by atoms with E-state index >= 15 is 0 Å². The summed E-state index contributed by atoms with van der Waals surface area (Å²) in [7, 11) is 1.83. The van der Waals surface area contributed by atoms with Crippen molar-refractivity contribution in [3.8, 4) is 11.6 Å². The lowest BCUT2D eigenvalue weighted by molar-refractivity contribution is 0.454. The zero-order chi connectivity index (χ0) is 12.5. The van der Waals surface area contributed by atoms with Crippen LogP contribution in [0.2, 0.25) is 0 Å². The van der Waals surface area contributed by atoms with E-state index in [-0.39, 0.29) is 0 Å². The molecule has 2 aromatic rings. The number of hydrogen-bond acceptors (Lipinski definition) is 3. The van der Waals surface area contributed by atoms with E-state index in [4.69, 9.17) is 10.5 Å². The number of benzene rings is 1. The quantitative estimate of drug-likeness (QED) is 0.882. The maximum absolute atomic E-state index is 5.82. The molecule has 0 saturated carbocycles. The van der Waals surface area contributed by atoms with Crippen LogP contribution in [0.1, 0.15) is 24.0 Å². The third kappa shape index (κ3) is 2.06. The molecular formula is C14H17N3O. The molecule has 1 aliphatic carbocycles. The molecule has 1 aromatic carbocycles.